The summed E-state index contributed by atoms with van der Waals surface area (Å²) in [6.07, 6.45) is 6.24. The Morgan fingerprint density at radius 1 is 1.12 bits per heavy atom. The molecule has 0 radical (unpaired) electrons. The van der Waals surface area contributed by atoms with Crippen LogP contribution in [0.2, 0.25) is 0 Å². The molecule has 0 bridgehead atoms. The van der Waals surface area contributed by atoms with Crippen molar-refractivity contribution in [2.24, 2.45) is 22.7 Å². The lowest BCUT2D eigenvalue weighted by atomic mass is 9.80. The van der Waals surface area contributed by atoms with Crippen molar-refractivity contribution in [1.29, 1.82) is 0 Å². The number of nitrogens with zero attached hydrogens (tertiary/aromatic N) is 1. The molecule has 4 N–H and O–H groups in total. The van der Waals surface area contributed by atoms with Gasteiger partial charge in [0.15, 0.2) is 0 Å². The molecule has 2 aliphatic carbocycles. The van der Waals surface area contributed by atoms with E-state index in [0.717, 1.165) is 17.8 Å². The Balaban J connectivity index is 1.86. The third-order valence-corrected chi connectivity index (χ3v) is 3.51. The monoisotopic (exact) mass is 224 g/mol. The van der Waals surface area contributed by atoms with Crippen LogP contribution in [0, 0.1) is 11.8 Å². The van der Waals surface area contributed by atoms with Gasteiger partial charge in [-0.15, -0.1) is 0 Å². The number of aliphatic imine (C=N–C) groups is 1. The predicted octanol–water partition coefficient (Wildman–Crippen LogP) is 1.38. The van der Waals surface area contributed by atoms with Crippen LogP contribution in [0.3, 0.4) is 0 Å². The quantitative estimate of drug-likeness (QED) is 0.287. The van der Waals surface area contributed by atoms with E-state index in [0.29, 0.717) is 12.1 Å². The van der Waals surface area contributed by atoms with Crippen molar-refractivity contribution in [2.45, 2.75) is 58.0 Å². The summed E-state index contributed by atoms with van der Waals surface area (Å²) in [5.41, 5.74) is 2.69. The van der Waals surface area contributed by atoms with Crippen molar-refractivity contribution in [3.05, 3.63) is 0 Å². The Labute approximate surface area is 98.0 Å². The van der Waals surface area contributed by atoms with Crippen LogP contribution in [0.5, 0.6) is 0 Å². The van der Waals surface area contributed by atoms with E-state index in [1.165, 1.54) is 32.1 Å². The number of nitrogens with two attached hydrogens (primary N) is 1. The first-order valence-electron chi connectivity index (χ1n) is 6.48. The summed E-state index contributed by atoms with van der Waals surface area (Å²) in [6.45, 7) is 4.66. The molecule has 0 aliphatic heterocycles. The maximum atomic E-state index is 5.49. The molecule has 4 nitrogen and oxygen atoms in total. The Hall–Kier alpha value is -0.770. The third kappa shape index (κ3) is 3.37. The lowest BCUT2D eigenvalue weighted by Crippen LogP contribution is -2.48. The van der Waals surface area contributed by atoms with E-state index >= 15 is 0 Å². The summed E-state index contributed by atoms with van der Waals surface area (Å²) in [4.78, 5) is 4.52. The molecule has 2 atom stereocenters. The van der Waals surface area contributed by atoms with Crippen molar-refractivity contribution in [3.63, 3.8) is 0 Å². The molecule has 0 saturated heterocycles. The van der Waals surface area contributed by atoms with Crippen LogP contribution >= 0.6 is 0 Å². The Morgan fingerprint density at radius 3 is 2.25 bits per heavy atom. The largest absolute Gasteiger partial charge is 0.353 e. The predicted molar refractivity (Wildman–Crippen MR) is 66.9 cm³/mol. The summed E-state index contributed by atoms with van der Waals surface area (Å²) in [5, 5.41) is 3.45. The molecular weight excluding hydrogens is 200 g/mol. The van der Waals surface area contributed by atoms with Crippen LogP contribution in [0.15, 0.2) is 4.99 Å². The lowest BCUT2D eigenvalue weighted by Gasteiger charge is -2.32. The standard InChI is InChI=1S/C12H24N4/c1-8-5-9(2)7-11(6-8)15-12(16-13)14-10-3-4-10/h8-11H,3-7,13H2,1-2H3,(H2,14,15,16). The molecule has 2 fully saturated rings. The zero-order valence-corrected chi connectivity index (χ0v) is 10.4. The zero-order valence-electron chi connectivity index (χ0n) is 10.4. The normalized spacial score (nSPS) is 35.9. The summed E-state index contributed by atoms with van der Waals surface area (Å²) in [7, 11) is 0. The van der Waals surface area contributed by atoms with Gasteiger partial charge in [0.05, 0.1) is 6.04 Å². The number of hydrogen-bond acceptors (Lipinski definition) is 2. The van der Waals surface area contributed by atoms with E-state index in [1.807, 2.05) is 0 Å². The molecule has 0 spiro atoms. The topological polar surface area (TPSA) is 62.4 Å². The van der Waals surface area contributed by atoms with E-state index < -0.39 is 0 Å². The average Bonchev–Trinajstić information content (AvgIpc) is 2.99. The first-order chi connectivity index (χ1) is 7.67. The van der Waals surface area contributed by atoms with Crippen molar-refractivity contribution in [3.8, 4) is 0 Å². The Kier molecular flexibility index (Phi) is 3.69. The number of guanidine groups is 1. The van der Waals surface area contributed by atoms with Gasteiger partial charge in [-0.2, -0.15) is 0 Å². The molecule has 92 valence electrons. The fraction of sp³-hybridized carbons (Fsp3) is 0.917. The van der Waals surface area contributed by atoms with Gasteiger partial charge < -0.3 is 5.32 Å². The van der Waals surface area contributed by atoms with E-state index in [1.54, 1.807) is 0 Å². The van der Waals surface area contributed by atoms with Gasteiger partial charge in [0, 0.05) is 6.04 Å². The Morgan fingerprint density at radius 2 is 1.75 bits per heavy atom. The van der Waals surface area contributed by atoms with Gasteiger partial charge in [0.25, 0.3) is 0 Å². The number of hydrogen-bond donors (Lipinski definition) is 3. The van der Waals surface area contributed by atoms with Crippen molar-refractivity contribution < 1.29 is 0 Å². The van der Waals surface area contributed by atoms with Crippen molar-refractivity contribution in [2.75, 3.05) is 0 Å². The third-order valence-electron chi connectivity index (χ3n) is 3.51. The molecule has 0 aromatic carbocycles. The number of nitrogens with one attached hydrogen (secondary N) is 2. The van der Waals surface area contributed by atoms with Crippen LogP contribution in [0.1, 0.15) is 46.0 Å². The maximum absolute atomic E-state index is 5.49. The van der Waals surface area contributed by atoms with Gasteiger partial charge in [-0.1, -0.05) is 13.8 Å². The number of rotatable bonds is 2. The van der Waals surface area contributed by atoms with Gasteiger partial charge in [-0.25, -0.2) is 10.8 Å². The van der Waals surface area contributed by atoms with Crippen molar-refractivity contribution >= 4 is 5.96 Å². The lowest BCUT2D eigenvalue weighted by molar-refractivity contribution is 0.255. The molecule has 0 aromatic rings. The van der Waals surface area contributed by atoms with Crippen LogP contribution < -0.4 is 16.6 Å². The highest BCUT2D eigenvalue weighted by molar-refractivity contribution is 5.79. The summed E-state index contributed by atoms with van der Waals surface area (Å²) in [6, 6.07) is 1.05. The van der Waals surface area contributed by atoms with Gasteiger partial charge in [-0.05, 0) is 43.9 Å². The second-order valence-corrected chi connectivity index (χ2v) is 5.61. The first kappa shape index (κ1) is 11.7. The molecule has 0 heterocycles. The first-order valence-corrected chi connectivity index (χ1v) is 6.48. The van der Waals surface area contributed by atoms with Gasteiger partial charge in [0.2, 0.25) is 5.96 Å². The molecule has 0 aromatic heterocycles. The van der Waals surface area contributed by atoms with Crippen LogP contribution in [-0.2, 0) is 0 Å². The highest BCUT2D eigenvalue weighted by atomic mass is 15.3. The summed E-state index contributed by atoms with van der Waals surface area (Å²) >= 11 is 0. The average molecular weight is 224 g/mol. The highest BCUT2D eigenvalue weighted by Crippen LogP contribution is 2.28. The van der Waals surface area contributed by atoms with E-state index in [2.05, 4.69) is 29.6 Å². The SMILES string of the molecule is CC1CC(C)CC(NC(=NC2CC2)NN)C1. The van der Waals surface area contributed by atoms with Crippen LogP contribution in [0.4, 0.5) is 0 Å². The maximum Gasteiger partial charge on any atom is 0.206 e. The number of hydrazine groups is 1. The summed E-state index contributed by atoms with van der Waals surface area (Å²) < 4.78 is 0. The van der Waals surface area contributed by atoms with Gasteiger partial charge in [0.1, 0.15) is 0 Å². The molecular formula is C12H24N4. The molecule has 2 rings (SSSR count). The van der Waals surface area contributed by atoms with Crippen molar-refractivity contribution in [1.82, 2.24) is 10.7 Å². The van der Waals surface area contributed by atoms with E-state index in [9.17, 15) is 0 Å². The zero-order chi connectivity index (χ0) is 11.5. The second-order valence-electron chi connectivity index (χ2n) is 5.61. The molecule has 16 heavy (non-hydrogen) atoms. The van der Waals surface area contributed by atoms with Crippen LogP contribution in [0.25, 0.3) is 0 Å². The van der Waals surface area contributed by atoms with Gasteiger partial charge >= 0.3 is 0 Å². The van der Waals surface area contributed by atoms with E-state index in [-0.39, 0.29) is 0 Å². The molecule has 4 heteroatoms. The fourth-order valence-corrected chi connectivity index (χ4v) is 2.76. The minimum atomic E-state index is 0.511. The second kappa shape index (κ2) is 5.04. The minimum Gasteiger partial charge on any atom is -0.353 e. The fourth-order valence-electron chi connectivity index (χ4n) is 2.76. The smallest absolute Gasteiger partial charge is 0.206 e. The molecule has 2 unspecified atom stereocenters. The van der Waals surface area contributed by atoms with Gasteiger partial charge in [-0.3, -0.25) is 5.43 Å². The summed E-state index contributed by atoms with van der Waals surface area (Å²) in [5.74, 6) is 7.89. The van der Waals surface area contributed by atoms with Crippen LogP contribution in [-0.4, -0.2) is 18.0 Å². The van der Waals surface area contributed by atoms with E-state index in [4.69, 9.17) is 5.84 Å². The molecule has 0 amide bonds. The minimum absolute atomic E-state index is 0.511. The molecule has 2 saturated carbocycles. The highest BCUT2D eigenvalue weighted by Gasteiger charge is 2.26. The Bertz CT molecular complexity index is 250. The molecule has 2 aliphatic rings.